The molecule has 0 aliphatic carbocycles. The van der Waals surface area contributed by atoms with Gasteiger partial charge in [-0.15, -0.1) is 10.2 Å². The van der Waals surface area contributed by atoms with Crippen LogP contribution in [0.5, 0.6) is 17.2 Å². The van der Waals surface area contributed by atoms with Crippen LogP contribution in [0.3, 0.4) is 0 Å². The van der Waals surface area contributed by atoms with Gasteiger partial charge in [-0.2, -0.15) is 4.98 Å². The number of carbonyl (C=O) groups is 1. The van der Waals surface area contributed by atoms with Crippen molar-refractivity contribution < 1.29 is 24.5 Å². The Balaban J connectivity index is 1.54. The number of amides is 1. The van der Waals surface area contributed by atoms with Gasteiger partial charge >= 0.3 is 11.8 Å². The molecule has 2 unspecified atom stereocenters. The predicted octanol–water partition coefficient (Wildman–Crippen LogP) is 4.18. The molecule has 2 saturated heterocycles. The molecule has 2 bridgehead atoms. The molecule has 0 saturated carbocycles. The average Bonchev–Trinajstić information content (AvgIpc) is 3.22. The lowest BCUT2D eigenvalue weighted by molar-refractivity contribution is 0.0197. The molecule has 1 amide bonds. The van der Waals surface area contributed by atoms with Gasteiger partial charge in [-0.25, -0.2) is 9.59 Å². The molecule has 12 nitrogen and oxygen atoms in total. The number of carboxylic acid groups (broad SMARTS) is 1. The molecule has 2 aromatic heterocycles. The fraction of sp³-hybridized carbons (Fsp3) is 0.303. The van der Waals surface area contributed by atoms with Crippen molar-refractivity contribution in [2.24, 2.45) is 0 Å². The molecule has 12 heteroatoms. The minimum absolute atomic E-state index is 0.0487. The van der Waals surface area contributed by atoms with E-state index in [1.165, 1.54) is 4.90 Å². The number of rotatable bonds is 6. The number of nitrogens with zero attached hydrogens (tertiary/aromatic N) is 4. The Hall–Kier alpha value is -5.23. The summed E-state index contributed by atoms with van der Waals surface area (Å²) in [5.74, 6) is 1.23. The summed E-state index contributed by atoms with van der Waals surface area (Å²) in [6, 6.07) is 16.4. The quantitative estimate of drug-likeness (QED) is 0.220. The Kier molecular flexibility index (Phi) is 6.62. The number of H-pyrrole nitrogens is 1. The normalized spacial score (nSPS) is 20.9. The largest absolute Gasteiger partial charge is 0.508 e. The lowest BCUT2D eigenvalue weighted by Gasteiger charge is -2.48. The summed E-state index contributed by atoms with van der Waals surface area (Å²) in [4.78, 5) is 35.0. The number of aromatic amines is 1. The molecular weight excluding hydrogens is 576 g/mol. The number of aromatic nitrogens is 4. The van der Waals surface area contributed by atoms with Gasteiger partial charge in [0.2, 0.25) is 0 Å². The van der Waals surface area contributed by atoms with E-state index < -0.39 is 22.9 Å². The number of phenolic OH excluding ortho intramolecular Hbond substituents is 1. The maximum absolute atomic E-state index is 13.4. The van der Waals surface area contributed by atoms with Gasteiger partial charge in [0.05, 0.1) is 31.1 Å². The third kappa shape index (κ3) is 4.43. The predicted molar refractivity (Wildman–Crippen MR) is 167 cm³/mol. The molecule has 7 rings (SSSR count). The fourth-order valence-electron chi connectivity index (χ4n) is 7.28. The number of hydrogen-bond acceptors (Lipinski definition) is 9. The van der Waals surface area contributed by atoms with Gasteiger partial charge in [-0.05, 0) is 54.3 Å². The zero-order chi connectivity index (χ0) is 31.5. The van der Waals surface area contributed by atoms with Crippen molar-refractivity contribution in [3.05, 3.63) is 81.9 Å². The van der Waals surface area contributed by atoms with E-state index in [1.54, 1.807) is 32.4 Å². The van der Waals surface area contributed by atoms with Crippen LogP contribution in [0.4, 0.5) is 4.79 Å². The Morgan fingerprint density at radius 3 is 2.62 bits per heavy atom. The first kappa shape index (κ1) is 28.5. The first-order chi connectivity index (χ1) is 21.7. The number of ether oxygens (including phenoxy) is 2. The van der Waals surface area contributed by atoms with Gasteiger partial charge in [0.25, 0.3) is 0 Å². The van der Waals surface area contributed by atoms with Crippen LogP contribution in [0.1, 0.15) is 36.6 Å². The van der Waals surface area contributed by atoms with Crippen molar-refractivity contribution in [1.82, 2.24) is 30.4 Å². The number of fused-ring (bicyclic) bond motifs is 4. The maximum Gasteiger partial charge on any atom is 0.408 e. The van der Waals surface area contributed by atoms with Crippen LogP contribution in [0.15, 0.2) is 59.4 Å². The fourth-order valence-corrected chi connectivity index (χ4v) is 7.28. The highest BCUT2D eigenvalue weighted by molar-refractivity contribution is 5.99. The topological polar surface area (TPSA) is 163 Å². The number of aromatic hydroxyl groups is 1. The lowest BCUT2D eigenvalue weighted by atomic mass is 9.88. The Bertz CT molecular complexity index is 2060. The molecule has 2 aliphatic rings. The molecule has 230 valence electrons. The zero-order valence-corrected chi connectivity index (χ0v) is 25.0. The smallest absolute Gasteiger partial charge is 0.408 e. The van der Waals surface area contributed by atoms with Crippen LogP contribution in [0.2, 0.25) is 0 Å². The van der Waals surface area contributed by atoms with Crippen LogP contribution < -0.4 is 20.5 Å². The minimum atomic E-state index is -1.08. The van der Waals surface area contributed by atoms with E-state index >= 15 is 0 Å². The highest BCUT2D eigenvalue weighted by Gasteiger charge is 2.59. The summed E-state index contributed by atoms with van der Waals surface area (Å²) < 4.78 is 11.1. The molecule has 0 radical (unpaired) electrons. The highest BCUT2D eigenvalue weighted by Crippen LogP contribution is 2.50. The Labute approximate surface area is 257 Å². The van der Waals surface area contributed by atoms with Gasteiger partial charge < -0.3 is 30.0 Å². The van der Waals surface area contributed by atoms with E-state index in [1.807, 2.05) is 43.3 Å². The number of nitrogens with one attached hydrogen (secondary N) is 2. The van der Waals surface area contributed by atoms with Crippen molar-refractivity contribution in [2.75, 3.05) is 27.3 Å². The summed E-state index contributed by atoms with van der Waals surface area (Å²) in [6.45, 7) is 2.71. The second kappa shape index (κ2) is 10.4. The second-order valence-corrected chi connectivity index (χ2v) is 12.0. The number of phenols is 1. The van der Waals surface area contributed by atoms with E-state index in [9.17, 15) is 19.8 Å². The van der Waals surface area contributed by atoms with Crippen molar-refractivity contribution in [3.8, 4) is 28.5 Å². The molecule has 2 fully saturated rings. The Morgan fingerprint density at radius 1 is 1.02 bits per heavy atom. The van der Waals surface area contributed by atoms with E-state index in [-0.39, 0.29) is 12.2 Å². The van der Waals surface area contributed by atoms with E-state index in [4.69, 9.17) is 14.6 Å². The number of piperazine rings is 1. The van der Waals surface area contributed by atoms with Crippen LogP contribution in [0.25, 0.3) is 33.1 Å². The molecule has 0 spiro atoms. The monoisotopic (exact) mass is 608 g/mol. The summed E-state index contributed by atoms with van der Waals surface area (Å²) in [7, 11) is 3.14. The van der Waals surface area contributed by atoms with E-state index in [0.717, 1.165) is 16.3 Å². The first-order valence-corrected chi connectivity index (χ1v) is 14.6. The molecular formula is C33H32N6O6. The van der Waals surface area contributed by atoms with Crippen LogP contribution >= 0.6 is 0 Å². The zero-order valence-electron chi connectivity index (χ0n) is 25.0. The van der Waals surface area contributed by atoms with Gasteiger partial charge in [-0.3, -0.25) is 4.90 Å². The number of methoxy groups -OCH3 is 2. The molecule has 4 heterocycles. The van der Waals surface area contributed by atoms with Gasteiger partial charge in [0.15, 0.2) is 0 Å². The van der Waals surface area contributed by atoms with Gasteiger partial charge in [0, 0.05) is 36.7 Å². The van der Waals surface area contributed by atoms with E-state index in [0.29, 0.717) is 71.0 Å². The van der Waals surface area contributed by atoms with Crippen molar-refractivity contribution in [2.45, 2.75) is 37.3 Å². The minimum Gasteiger partial charge on any atom is -0.508 e. The van der Waals surface area contributed by atoms with Crippen molar-refractivity contribution >= 4 is 27.9 Å². The molecule has 5 aromatic rings. The third-order valence-corrected chi connectivity index (χ3v) is 9.32. The van der Waals surface area contributed by atoms with Crippen molar-refractivity contribution in [3.63, 3.8) is 0 Å². The average molecular weight is 609 g/mol. The number of hydrogen-bond donors (Lipinski definition) is 4. The first-order valence-electron chi connectivity index (χ1n) is 14.6. The summed E-state index contributed by atoms with van der Waals surface area (Å²) >= 11 is 0. The molecule has 4 N–H and O–H groups in total. The third-order valence-electron chi connectivity index (χ3n) is 9.32. The van der Waals surface area contributed by atoms with Crippen LogP contribution in [-0.4, -0.2) is 74.2 Å². The number of benzene rings is 3. The Morgan fingerprint density at radius 2 is 1.84 bits per heavy atom. The summed E-state index contributed by atoms with van der Waals surface area (Å²) in [5.41, 5.74) is 0.997. The molecule has 2 aliphatic heterocycles. The lowest BCUT2D eigenvalue weighted by Crippen LogP contribution is -2.65. The van der Waals surface area contributed by atoms with E-state index in [2.05, 4.69) is 20.4 Å². The standard InChI is InChI=1S/C33H32N6O6/c1-32-10-11-33(17-34-16-32,39(32)31(42)43)29-28-27(35-30(41)36-29)24(13-19-8-9-21(44-2)15-25(19)45-3)26(37-38-28)23-14-20(40)12-18-6-4-5-7-22(18)23/h4-9,12,14-15,34,40H,10-11,13,16-17H2,1-3H3,(H,42,43)(H,35,36,41). The second-order valence-electron chi connectivity index (χ2n) is 12.0. The van der Waals surface area contributed by atoms with Crippen LogP contribution in [0, 0.1) is 0 Å². The maximum atomic E-state index is 13.4. The van der Waals surface area contributed by atoms with Gasteiger partial charge in [-0.1, -0.05) is 30.3 Å². The molecule has 2 atom stereocenters. The summed E-state index contributed by atoms with van der Waals surface area (Å²) in [6.07, 6.45) is 0.260. The van der Waals surface area contributed by atoms with Crippen LogP contribution in [-0.2, 0) is 12.0 Å². The molecule has 3 aromatic carbocycles. The summed E-state index contributed by atoms with van der Waals surface area (Å²) in [5, 5.41) is 35.5. The SMILES string of the molecule is COc1ccc(Cc2c(-c3cc(O)cc4ccccc34)nnc3c(C45CCC(C)(CNC4)N5C(=O)O)[nH]c(=O)nc23)c(OC)c1. The molecule has 45 heavy (non-hydrogen) atoms. The van der Waals surface area contributed by atoms with Crippen molar-refractivity contribution in [1.29, 1.82) is 0 Å². The van der Waals surface area contributed by atoms with Gasteiger partial charge in [0.1, 0.15) is 33.8 Å². The highest BCUT2D eigenvalue weighted by atomic mass is 16.5.